The van der Waals surface area contributed by atoms with Crippen LogP contribution in [0, 0.1) is 16.2 Å². The lowest BCUT2D eigenvalue weighted by atomic mass is 9.79. The number of carbonyl (C=O) groups is 3. The summed E-state index contributed by atoms with van der Waals surface area (Å²) in [4.78, 5) is 38.8. The summed E-state index contributed by atoms with van der Waals surface area (Å²) in [7, 11) is 0. The summed E-state index contributed by atoms with van der Waals surface area (Å²) in [6.45, 7) is 0. The van der Waals surface area contributed by atoms with Gasteiger partial charge >= 0.3 is 17.9 Å². The van der Waals surface area contributed by atoms with E-state index in [0.29, 0.717) is 16.7 Å². The number of carboxylic acids is 3. The van der Waals surface area contributed by atoms with Crippen LogP contribution in [0.3, 0.4) is 0 Å². The van der Waals surface area contributed by atoms with Crippen molar-refractivity contribution in [2.24, 2.45) is 17.2 Å². The van der Waals surface area contributed by atoms with E-state index in [1.807, 2.05) is 0 Å². The first-order valence-electron chi connectivity index (χ1n) is 12.1. The molecule has 0 atom stereocenters. The van der Waals surface area contributed by atoms with Gasteiger partial charge in [0.15, 0.2) is 0 Å². The van der Waals surface area contributed by atoms with Gasteiger partial charge in [0, 0.05) is 33.4 Å². The standard InChI is InChI=1S/C30H24N6O6.3ClH/c31-25(32)16-7-1-13(2-8-16)19-22(28(37)38)20(14-3-9-17(10-4-14)26(33)34)24(30(41)42)21(23(19)29(39)40)15-5-11-18(12-6-15)27(35)36;;;/h1-12H,(H3,31,32)(H3,33,34)(H3,35,36)(H,37,38)(H,39,40)(H,41,42);3*1H. The number of nitrogen functional groups attached to an aromatic ring is 3. The fourth-order valence-corrected chi connectivity index (χ4v) is 4.71. The highest BCUT2D eigenvalue weighted by atomic mass is 35.5. The Labute approximate surface area is 274 Å². The summed E-state index contributed by atoms with van der Waals surface area (Å²) in [5, 5.41) is 54.5. The summed E-state index contributed by atoms with van der Waals surface area (Å²) >= 11 is 0. The predicted octanol–water partition coefficient (Wildman–Crippen LogP) is 4.90. The summed E-state index contributed by atoms with van der Waals surface area (Å²) in [5.74, 6) is -5.56. The van der Waals surface area contributed by atoms with Crippen LogP contribution < -0.4 is 17.2 Å². The molecule has 0 heterocycles. The highest BCUT2D eigenvalue weighted by Gasteiger charge is 2.35. The highest BCUT2D eigenvalue weighted by molar-refractivity contribution is 6.20. The third-order valence-corrected chi connectivity index (χ3v) is 6.60. The number of rotatable bonds is 9. The molecule has 0 spiro atoms. The van der Waals surface area contributed by atoms with Crippen LogP contribution in [0.1, 0.15) is 47.8 Å². The molecule has 0 saturated heterocycles. The van der Waals surface area contributed by atoms with Gasteiger partial charge in [-0.1, -0.05) is 72.8 Å². The van der Waals surface area contributed by atoms with Gasteiger partial charge in [-0.2, -0.15) is 0 Å². The van der Waals surface area contributed by atoms with E-state index in [1.54, 1.807) is 0 Å². The normalized spacial score (nSPS) is 9.87. The molecule has 12 nitrogen and oxygen atoms in total. The summed E-state index contributed by atoms with van der Waals surface area (Å²) in [6, 6.07) is 16.9. The van der Waals surface area contributed by atoms with Crippen LogP contribution in [0.15, 0.2) is 72.8 Å². The van der Waals surface area contributed by atoms with E-state index < -0.39 is 34.6 Å². The van der Waals surface area contributed by atoms with Gasteiger partial charge in [-0.3, -0.25) is 16.2 Å². The van der Waals surface area contributed by atoms with Crippen LogP contribution in [0.4, 0.5) is 0 Å². The lowest BCUT2D eigenvalue weighted by Gasteiger charge is -2.23. The Bertz CT molecular complexity index is 1590. The summed E-state index contributed by atoms with van der Waals surface area (Å²) in [6.07, 6.45) is 0. The van der Waals surface area contributed by atoms with Gasteiger partial charge < -0.3 is 32.5 Å². The Morgan fingerprint density at radius 2 is 0.600 bits per heavy atom. The van der Waals surface area contributed by atoms with E-state index in [4.69, 9.17) is 33.4 Å². The Hall–Kier alpha value is -5.43. The largest absolute Gasteiger partial charge is 0.478 e. The van der Waals surface area contributed by atoms with Crippen LogP contribution in [-0.2, 0) is 0 Å². The van der Waals surface area contributed by atoms with Crippen molar-refractivity contribution in [3.63, 3.8) is 0 Å². The maximum Gasteiger partial charge on any atom is 0.337 e. The smallest absolute Gasteiger partial charge is 0.337 e. The first-order valence-corrected chi connectivity index (χ1v) is 12.1. The number of amidine groups is 3. The van der Waals surface area contributed by atoms with Gasteiger partial charge in [-0.15, -0.1) is 37.2 Å². The Kier molecular flexibility index (Phi) is 12.4. The molecule has 0 unspecified atom stereocenters. The molecule has 0 bridgehead atoms. The highest BCUT2D eigenvalue weighted by Crippen LogP contribution is 2.45. The SMILES string of the molecule is Cl.Cl.Cl.N=C(N)c1ccc(-c2c(C(=O)O)c(-c3ccc(C(=N)N)cc3)c(C(=O)O)c(-c3ccc(C(=N)N)cc3)c2C(=O)O)cc1. The minimum Gasteiger partial charge on any atom is -0.478 e. The van der Waals surface area contributed by atoms with Crippen molar-refractivity contribution >= 4 is 72.6 Å². The molecule has 234 valence electrons. The molecule has 15 heteroatoms. The van der Waals surface area contributed by atoms with Crippen LogP contribution in [-0.4, -0.2) is 50.7 Å². The lowest BCUT2D eigenvalue weighted by Crippen LogP contribution is -2.17. The van der Waals surface area contributed by atoms with Gasteiger partial charge in [-0.25, -0.2) is 14.4 Å². The molecule has 0 radical (unpaired) electrons. The van der Waals surface area contributed by atoms with Gasteiger partial charge in [0.25, 0.3) is 0 Å². The molecule has 45 heavy (non-hydrogen) atoms. The zero-order chi connectivity index (χ0) is 30.9. The Morgan fingerprint density at radius 1 is 0.422 bits per heavy atom. The van der Waals surface area contributed by atoms with E-state index in [1.165, 1.54) is 72.8 Å². The number of halogens is 3. The summed E-state index contributed by atoms with van der Waals surface area (Å²) in [5.41, 5.74) is 15.4. The summed E-state index contributed by atoms with van der Waals surface area (Å²) < 4.78 is 0. The second kappa shape index (κ2) is 14.8. The van der Waals surface area contributed by atoms with E-state index in [0.717, 1.165) is 0 Å². The second-order valence-electron chi connectivity index (χ2n) is 9.14. The molecular weight excluding hydrogens is 647 g/mol. The van der Waals surface area contributed by atoms with Crippen LogP contribution in [0.25, 0.3) is 33.4 Å². The molecule has 0 fully saturated rings. The maximum atomic E-state index is 12.9. The van der Waals surface area contributed by atoms with Crippen molar-refractivity contribution in [3.05, 3.63) is 106 Å². The molecular formula is C30H27Cl3N6O6. The molecule has 0 saturated carbocycles. The number of carboxylic acid groups (broad SMARTS) is 3. The van der Waals surface area contributed by atoms with Crippen LogP contribution in [0.2, 0.25) is 0 Å². The predicted molar refractivity (Wildman–Crippen MR) is 178 cm³/mol. The maximum absolute atomic E-state index is 12.9. The molecule has 4 rings (SSSR count). The molecule has 4 aromatic carbocycles. The third-order valence-electron chi connectivity index (χ3n) is 6.60. The first-order chi connectivity index (χ1) is 19.8. The molecule has 4 aromatic rings. The number of nitrogens with two attached hydrogens (primary N) is 3. The average molecular weight is 674 g/mol. The minimum atomic E-state index is -1.59. The molecule has 0 amide bonds. The fraction of sp³-hybridized carbons (Fsp3) is 0. The zero-order valence-electron chi connectivity index (χ0n) is 23.0. The monoisotopic (exact) mass is 672 g/mol. The van der Waals surface area contributed by atoms with E-state index in [-0.39, 0.29) is 88.1 Å². The fourth-order valence-electron chi connectivity index (χ4n) is 4.71. The number of benzene rings is 4. The van der Waals surface area contributed by atoms with E-state index in [2.05, 4.69) is 0 Å². The quantitative estimate of drug-likeness (QED) is 0.0863. The number of hydrogen-bond acceptors (Lipinski definition) is 6. The lowest BCUT2D eigenvalue weighted by molar-refractivity contribution is 0.0696. The van der Waals surface area contributed by atoms with Crippen LogP contribution >= 0.6 is 37.2 Å². The average Bonchev–Trinajstić information content (AvgIpc) is 2.95. The van der Waals surface area contributed by atoms with Gasteiger partial charge in [-0.05, 0) is 16.7 Å². The molecule has 0 aliphatic heterocycles. The number of nitrogens with one attached hydrogen (secondary N) is 3. The van der Waals surface area contributed by atoms with Gasteiger partial charge in [0.2, 0.25) is 0 Å². The Morgan fingerprint density at radius 3 is 0.733 bits per heavy atom. The van der Waals surface area contributed by atoms with Crippen molar-refractivity contribution in [3.8, 4) is 33.4 Å². The molecule has 0 aliphatic carbocycles. The van der Waals surface area contributed by atoms with E-state index >= 15 is 0 Å². The number of hydrogen-bond donors (Lipinski definition) is 9. The topological polar surface area (TPSA) is 262 Å². The van der Waals surface area contributed by atoms with Crippen molar-refractivity contribution in [2.45, 2.75) is 0 Å². The van der Waals surface area contributed by atoms with Crippen molar-refractivity contribution in [2.75, 3.05) is 0 Å². The Balaban J connectivity index is 0.00000337. The van der Waals surface area contributed by atoms with E-state index in [9.17, 15) is 29.7 Å². The zero-order valence-corrected chi connectivity index (χ0v) is 25.4. The van der Waals surface area contributed by atoms with Crippen molar-refractivity contribution < 1.29 is 29.7 Å². The second-order valence-corrected chi connectivity index (χ2v) is 9.14. The van der Waals surface area contributed by atoms with Crippen LogP contribution in [0.5, 0.6) is 0 Å². The first kappa shape index (κ1) is 37.6. The molecule has 0 aliphatic rings. The minimum absolute atomic E-state index is 0. The van der Waals surface area contributed by atoms with Crippen molar-refractivity contribution in [1.29, 1.82) is 16.2 Å². The van der Waals surface area contributed by atoms with Gasteiger partial charge in [0.1, 0.15) is 17.5 Å². The van der Waals surface area contributed by atoms with Crippen molar-refractivity contribution in [1.82, 2.24) is 0 Å². The molecule has 0 aromatic heterocycles. The van der Waals surface area contributed by atoms with Gasteiger partial charge in [0.05, 0.1) is 16.7 Å². The molecule has 12 N–H and O–H groups in total. The number of aromatic carboxylic acids is 3. The third kappa shape index (κ3) is 7.21.